The molecule has 0 spiro atoms. The van der Waals surface area contributed by atoms with Gasteiger partial charge in [0.2, 0.25) is 6.79 Å². The number of ether oxygens (including phenoxy) is 3. The van der Waals surface area contributed by atoms with Crippen LogP contribution >= 0.6 is 0 Å². The third-order valence-electron chi connectivity index (χ3n) is 3.52. The highest BCUT2D eigenvalue weighted by Gasteiger charge is 2.16. The van der Waals surface area contributed by atoms with Crippen LogP contribution in [0.4, 0.5) is 0 Å². The Morgan fingerprint density at radius 2 is 2.00 bits per heavy atom. The lowest BCUT2D eigenvalue weighted by atomic mass is 10.1. The van der Waals surface area contributed by atoms with E-state index < -0.39 is 0 Å². The average molecular weight is 299 g/mol. The highest BCUT2D eigenvalue weighted by molar-refractivity contribution is 5.94. The lowest BCUT2D eigenvalue weighted by Crippen LogP contribution is -2.26. The number of hydrogen-bond donors (Lipinski definition) is 0. The molecular formula is C17H17NO4. The molecule has 1 aliphatic rings. The van der Waals surface area contributed by atoms with E-state index in [0.717, 1.165) is 17.1 Å². The molecule has 5 heteroatoms. The van der Waals surface area contributed by atoms with E-state index in [9.17, 15) is 4.79 Å². The molecule has 2 aromatic rings. The predicted molar refractivity (Wildman–Crippen MR) is 81.4 cm³/mol. The Hall–Kier alpha value is -2.69. The van der Waals surface area contributed by atoms with Crippen LogP contribution in [0.5, 0.6) is 17.2 Å². The standard InChI is InChI=1S/C17H17NO4/c1-18(17(19)13-4-3-5-14(9-13)20-2)10-12-6-7-15-16(8-12)22-11-21-15/h3-9H,10-11H2,1-2H3. The molecule has 0 atom stereocenters. The predicted octanol–water partition coefficient (Wildman–Crippen LogP) is 2.70. The van der Waals surface area contributed by atoms with E-state index in [0.29, 0.717) is 17.9 Å². The third-order valence-corrected chi connectivity index (χ3v) is 3.52. The van der Waals surface area contributed by atoms with Crippen LogP contribution in [0.25, 0.3) is 0 Å². The van der Waals surface area contributed by atoms with Crippen LogP contribution in [-0.2, 0) is 6.54 Å². The Bertz CT molecular complexity index is 699. The normalized spacial score (nSPS) is 12.1. The number of hydrogen-bond acceptors (Lipinski definition) is 4. The van der Waals surface area contributed by atoms with Gasteiger partial charge in [-0.05, 0) is 35.9 Å². The smallest absolute Gasteiger partial charge is 0.254 e. The summed E-state index contributed by atoms with van der Waals surface area (Å²) in [6.07, 6.45) is 0. The molecule has 0 saturated carbocycles. The minimum Gasteiger partial charge on any atom is -0.497 e. The first-order valence-electron chi connectivity index (χ1n) is 6.95. The van der Waals surface area contributed by atoms with Crippen molar-refractivity contribution >= 4 is 5.91 Å². The zero-order valence-electron chi connectivity index (χ0n) is 12.5. The molecule has 0 aliphatic carbocycles. The maximum atomic E-state index is 12.5. The van der Waals surface area contributed by atoms with Gasteiger partial charge < -0.3 is 19.1 Å². The quantitative estimate of drug-likeness (QED) is 0.871. The minimum atomic E-state index is -0.0587. The molecule has 0 saturated heterocycles. The Labute approximate surface area is 129 Å². The largest absolute Gasteiger partial charge is 0.497 e. The first-order chi connectivity index (χ1) is 10.7. The third kappa shape index (κ3) is 2.83. The maximum absolute atomic E-state index is 12.5. The number of rotatable bonds is 4. The number of amides is 1. The van der Waals surface area contributed by atoms with Crippen molar-refractivity contribution in [3.05, 3.63) is 53.6 Å². The van der Waals surface area contributed by atoms with Crippen molar-refractivity contribution in [2.24, 2.45) is 0 Å². The van der Waals surface area contributed by atoms with Gasteiger partial charge in [0.25, 0.3) is 5.91 Å². The summed E-state index contributed by atoms with van der Waals surface area (Å²) in [6, 6.07) is 12.8. The fourth-order valence-electron chi connectivity index (χ4n) is 2.36. The molecule has 3 rings (SSSR count). The summed E-state index contributed by atoms with van der Waals surface area (Å²) in [5.41, 5.74) is 1.59. The van der Waals surface area contributed by atoms with Crippen LogP contribution in [0.3, 0.4) is 0 Å². The van der Waals surface area contributed by atoms with Gasteiger partial charge in [-0.25, -0.2) is 0 Å². The maximum Gasteiger partial charge on any atom is 0.254 e. The van der Waals surface area contributed by atoms with E-state index >= 15 is 0 Å². The van der Waals surface area contributed by atoms with Crippen LogP contribution in [0.15, 0.2) is 42.5 Å². The SMILES string of the molecule is COc1cccc(C(=O)N(C)Cc2ccc3c(c2)OCO3)c1. The van der Waals surface area contributed by atoms with Crippen molar-refractivity contribution in [3.63, 3.8) is 0 Å². The second-order valence-electron chi connectivity index (χ2n) is 5.08. The summed E-state index contributed by atoms with van der Waals surface area (Å²) in [5, 5.41) is 0. The number of benzene rings is 2. The molecule has 0 radical (unpaired) electrons. The van der Waals surface area contributed by atoms with E-state index in [1.165, 1.54) is 0 Å². The van der Waals surface area contributed by atoms with Gasteiger partial charge in [0.1, 0.15) is 5.75 Å². The summed E-state index contributed by atoms with van der Waals surface area (Å²) in [6.45, 7) is 0.740. The molecule has 2 aromatic carbocycles. The van der Waals surface area contributed by atoms with Gasteiger partial charge in [0.05, 0.1) is 7.11 Å². The molecule has 0 aromatic heterocycles. The zero-order chi connectivity index (χ0) is 15.5. The molecule has 0 N–H and O–H groups in total. The Morgan fingerprint density at radius 1 is 1.18 bits per heavy atom. The highest BCUT2D eigenvalue weighted by atomic mass is 16.7. The topological polar surface area (TPSA) is 48.0 Å². The van der Waals surface area contributed by atoms with Gasteiger partial charge in [0.15, 0.2) is 11.5 Å². The van der Waals surface area contributed by atoms with Gasteiger partial charge in [-0.2, -0.15) is 0 Å². The second-order valence-corrected chi connectivity index (χ2v) is 5.08. The van der Waals surface area contributed by atoms with E-state index in [1.807, 2.05) is 24.3 Å². The summed E-state index contributed by atoms with van der Waals surface area (Å²) < 4.78 is 15.8. The van der Waals surface area contributed by atoms with Crippen LogP contribution in [0.2, 0.25) is 0 Å². The summed E-state index contributed by atoms with van der Waals surface area (Å²) >= 11 is 0. The molecule has 1 aliphatic heterocycles. The van der Waals surface area contributed by atoms with Gasteiger partial charge >= 0.3 is 0 Å². The lowest BCUT2D eigenvalue weighted by Gasteiger charge is -2.18. The van der Waals surface area contributed by atoms with Crippen LogP contribution in [0, 0.1) is 0 Å². The molecule has 22 heavy (non-hydrogen) atoms. The van der Waals surface area contributed by atoms with Crippen molar-refractivity contribution in [2.45, 2.75) is 6.54 Å². The van der Waals surface area contributed by atoms with Gasteiger partial charge in [0, 0.05) is 19.2 Å². The average Bonchev–Trinajstić information content (AvgIpc) is 3.01. The fraction of sp³-hybridized carbons (Fsp3) is 0.235. The van der Waals surface area contributed by atoms with Crippen LogP contribution < -0.4 is 14.2 Å². The van der Waals surface area contributed by atoms with Gasteiger partial charge in [-0.1, -0.05) is 12.1 Å². The van der Waals surface area contributed by atoms with Gasteiger partial charge in [-0.3, -0.25) is 4.79 Å². The number of fused-ring (bicyclic) bond motifs is 1. The molecule has 5 nitrogen and oxygen atoms in total. The lowest BCUT2D eigenvalue weighted by molar-refractivity contribution is 0.0784. The van der Waals surface area contributed by atoms with Crippen molar-refractivity contribution in [1.82, 2.24) is 4.90 Å². The minimum absolute atomic E-state index is 0.0587. The van der Waals surface area contributed by atoms with E-state index in [1.54, 1.807) is 37.3 Å². The summed E-state index contributed by atoms with van der Waals surface area (Å²) in [5.74, 6) is 2.07. The number of carbonyl (C=O) groups is 1. The van der Waals surface area contributed by atoms with E-state index in [2.05, 4.69) is 0 Å². The zero-order valence-corrected chi connectivity index (χ0v) is 12.5. The van der Waals surface area contributed by atoms with Crippen molar-refractivity contribution in [3.8, 4) is 17.2 Å². The van der Waals surface area contributed by atoms with E-state index in [-0.39, 0.29) is 12.7 Å². The molecule has 114 valence electrons. The molecule has 1 amide bonds. The van der Waals surface area contributed by atoms with Crippen LogP contribution in [-0.4, -0.2) is 31.8 Å². The summed E-state index contributed by atoms with van der Waals surface area (Å²) in [4.78, 5) is 14.1. The molecule has 1 heterocycles. The first kappa shape index (κ1) is 14.3. The molecule has 0 bridgehead atoms. The van der Waals surface area contributed by atoms with Crippen molar-refractivity contribution in [1.29, 1.82) is 0 Å². The molecular weight excluding hydrogens is 282 g/mol. The van der Waals surface area contributed by atoms with Crippen molar-refractivity contribution in [2.75, 3.05) is 21.0 Å². The van der Waals surface area contributed by atoms with Crippen LogP contribution in [0.1, 0.15) is 15.9 Å². The van der Waals surface area contributed by atoms with Crippen molar-refractivity contribution < 1.29 is 19.0 Å². The number of carbonyl (C=O) groups excluding carboxylic acids is 1. The molecule has 0 unspecified atom stereocenters. The summed E-state index contributed by atoms with van der Waals surface area (Å²) in [7, 11) is 3.35. The Morgan fingerprint density at radius 3 is 2.82 bits per heavy atom. The number of nitrogens with zero attached hydrogens (tertiary/aromatic N) is 1. The highest BCUT2D eigenvalue weighted by Crippen LogP contribution is 2.32. The Kier molecular flexibility index (Phi) is 3.87. The molecule has 0 fully saturated rings. The number of methoxy groups -OCH3 is 1. The monoisotopic (exact) mass is 299 g/mol. The fourth-order valence-corrected chi connectivity index (χ4v) is 2.36. The Balaban J connectivity index is 1.73. The van der Waals surface area contributed by atoms with Gasteiger partial charge in [-0.15, -0.1) is 0 Å². The first-order valence-corrected chi connectivity index (χ1v) is 6.95. The second kappa shape index (κ2) is 5.97. The van der Waals surface area contributed by atoms with E-state index in [4.69, 9.17) is 14.2 Å².